The number of hydrogen-bond donors (Lipinski definition) is 1. The summed E-state index contributed by atoms with van der Waals surface area (Å²) in [4.78, 5) is 10.3. The molecular weight excluding hydrogens is 272 g/mol. The van der Waals surface area contributed by atoms with Crippen molar-refractivity contribution in [3.63, 3.8) is 0 Å². The Labute approximate surface area is 136 Å². The maximum atomic E-state index is 10.3. The lowest BCUT2D eigenvalue weighted by atomic mass is 10.2. The predicted molar refractivity (Wildman–Crippen MR) is 94.7 cm³/mol. The average Bonchev–Trinajstić information content (AvgIpc) is 2.50. The fraction of sp³-hybridized carbons (Fsp3) is 0.550. The molecule has 22 heavy (non-hydrogen) atoms. The van der Waals surface area contributed by atoms with E-state index in [1.54, 1.807) is 0 Å². The van der Waals surface area contributed by atoms with Crippen molar-refractivity contribution in [3.8, 4) is 11.8 Å². The Morgan fingerprint density at radius 1 is 0.909 bits per heavy atom. The molecule has 0 aliphatic heterocycles. The molecule has 0 radical (unpaired) electrons. The molecule has 2 nitrogen and oxygen atoms in total. The van der Waals surface area contributed by atoms with Gasteiger partial charge in [-0.05, 0) is 32.1 Å². The van der Waals surface area contributed by atoms with Gasteiger partial charge in [0.1, 0.15) is 0 Å². The molecule has 0 atom stereocenters. The molecular formula is C20H30O2. The molecule has 0 fully saturated rings. The number of unbranched alkanes of at least 4 members (excludes halogenated alkanes) is 4. The third-order valence-corrected chi connectivity index (χ3v) is 3.06. The first-order valence-corrected chi connectivity index (χ1v) is 8.39. The van der Waals surface area contributed by atoms with Crippen LogP contribution >= 0.6 is 0 Å². The van der Waals surface area contributed by atoms with Gasteiger partial charge in [-0.15, -0.1) is 5.92 Å². The molecule has 0 aromatic carbocycles. The Morgan fingerprint density at radius 3 is 2.27 bits per heavy atom. The molecule has 0 amide bonds. The van der Waals surface area contributed by atoms with E-state index in [2.05, 4.69) is 55.2 Å². The zero-order valence-corrected chi connectivity index (χ0v) is 13.9. The van der Waals surface area contributed by atoms with E-state index >= 15 is 0 Å². The number of rotatable bonds is 12. The second kappa shape index (κ2) is 17.3. The summed E-state index contributed by atoms with van der Waals surface area (Å²) >= 11 is 0. The molecule has 0 rings (SSSR count). The minimum absolute atomic E-state index is 0.211. The average molecular weight is 302 g/mol. The summed E-state index contributed by atoms with van der Waals surface area (Å²) in [6.45, 7) is 2.23. The van der Waals surface area contributed by atoms with Crippen LogP contribution in [0.4, 0.5) is 0 Å². The smallest absolute Gasteiger partial charge is 0.303 e. The first-order valence-electron chi connectivity index (χ1n) is 8.39. The van der Waals surface area contributed by atoms with Crippen LogP contribution in [-0.4, -0.2) is 11.1 Å². The zero-order chi connectivity index (χ0) is 16.3. The summed E-state index contributed by atoms with van der Waals surface area (Å²) in [6.07, 6.45) is 22.4. The first kappa shape index (κ1) is 20.2. The van der Waals surface area contributed by atoms with Gasteiger partial charge < -0.3 is 5.11 Å². The molecule has 1 N–H and O–H groups in total. The highest BCUT2D eigenvalue weighted by Gasteiger charge is 1.92. The maximum absolute atomic E-state index is 10.3. The van der Waals surface area contributed by atoms with Gasteiger partial charge >= 0.3 is 5.97 Å². The molecule has 0 bridgehead atoms. The van der Waals surface area contributed by atoms with Crippen molar-refractivity contribution in [2.75, 3.05) is 0 Å². The maximum Gasteiger partial charge on any atom is 0.303 e. The van der Waals surface area contributed by atoms with Gasteiger partial charge in [0, 0.05) is 19.3 Å². The largest absolute Gasteiger partial charge is 0.481 e. The zero-order valence-electron chi connectivity index (χ0n) is 13.9. The van der Waals surface area contributed by atoms with Gasteiger partial charge in [0.2, 0.25) is 0 Å². The number of carboxylic acid groups (broad SMARTS) is 1. The molecule has 0 aromatic rings. The number of carboxylic acids is 1. The van der Waals surface area contributed by atoms with Gasteiger partial charge in [-0.1, -0.05) is 62.1 Å². The van der Waals surface area contributed by atoms with Gasteiger partial charge in [-0.3, -0.25) is 4.79 Å². The summed E-state index contributed by atoms with van der Waals surface area (Å²) in [6, 6.07) is 0. The predicted octanol–water partition coefficient (Wildman–Crippen LogP) is 5.66. The van der Waals surface area contributed by atoms with Gasteiger partial charge in [0.25, 0.3) is 0 Å². The Bertz CT molecular complexity index is 405. The molecule has 122 valence electrons. The normalized spacial score (nSPS) is 11.3. The van der Waals surface area contributed by atoms with E-state index in [-0.39, 0.29) is 6.42 Å². The Kier molecular flexibility index (Phi) is 15.9. The van der Waals surface area contributed by atoms with E-state index in [0.29, 0.717) is 12.8 Å². The molecule has 0 aliphatic rings. The molecule has 0 aliphatic carbocycles. The van der Waals surface area contributed by atoms with Crippen molar-refractivity contribution in [1.82, 2.24) is 0 Å². The monoisotopic (exact) mass is 302 g/mol. The highest BCUT2D eigenvalue weighted by Crippen LogP contribution is 2.00. The van der Waals surface area contributed by atoms with E-state index in [1.165, 1.54) is 25.7 Å². The van der Waals surface area contributed by atoms with Gasteiger partial charge in [-0.25, -0.2) is 0 Å². The highest BCUT2D eigenvalue weighted by atomic mass is 16.4. The minimum Gasteiger partial charge on any atom is -0.481 e. The molecule has 0 aromatic heterocycles. The number of hydrogen-bond acceptors (Lipinski definition) is 1. The lowest BCUT2D eigenvalue weighted by molar-refractivity contribution is -0.137. The van der Waals surface area contributed by atoms with Crippen LogP contribution in [-0.2, 0) is 4.79 Å². The first-order chi connectivity index (χ1) is 10.8. The van der Waals surface area contributed by atoms with Crippen LogP contribution in [0.25, 0.3) is 0 Å². The van der Waals surface area contributed by atoms with Crippen molar-refractivity contribution >= 4 is 5.97 Å². The summed E-state index contributed by atoms with van der Waals surface area (Å²) in [5, 5.41) is 8.47. The van der Waals surface area contributed by atoms with Gasteiger partial charge in [0.15, 0.2) is 0 Å². The van der Waals surface area contributed by atoms with Crippen LogP contribution < -0.4 is 0 Å². The van der Waals surface area contributed by atoms with Crippen LogP contribution in [0, 0.1) is 11.8 Å². The van der Waals surface area contributed by atoms with Crippen LogP contribution in [0.1, 0.15) is 71.1 Å². The molecule has 0 spiro atoms. The van der Waals surface area contributed by atoms with E-state index in [0.717, 1.165) is 19.3 Å². The molecule has 0 heterocycles. The van der Waals surface area contributed by atoms with Crippen molar-refractivity contribution in [1.29, 1.82) is 0 Å². The summed E-state index contributed by atoms with van der Waals surface area (Å²) in [7, 11) is 0. The fourth-order valence-electron chi connectivity index (χ4n) is 1.80. The van der Waals surface area contributed by atoms with Crippen molar-refractivity contribution in [3.05, 3.63) is 36.5 Å². The van der Waals surface area contributed by atoms with Crippen LogP contribution in [0.5, 0.6) is 0 Å². The Hall–Kier alpha value is -1.75. The van der Waals surface area contributed by atoms with Crippen LogP contribution in [0.15, 0.2) is 36.5 Å². The van der Waals surface area contributed by atoms with E-state index in [1.807, 2.05) is 0 Å². The van der Waals surface area contributed by atoms with Crippen molar-refractivity contribution in [2.45, 2.75) is 71.1 Å². The number of carbonyl (C=O) groups is 1. The van der Waals surface area contributed by atoms with E-state index in [9.17, 15) is 4.79 Å². The fourth-order valence-corrected chi connectivity index (χ4v) is 1.80. The van der Waals surface area contributed by atoms with E-state index < -0.39 is 5.97 Å². The molecule has 0 saturated carbocycles. The molecule has 0 saturated heterocycles. The summed E-state index contributed by atoms with van der Waals surface area (Å²) in [5.74, 6) is 5.27. The summed E-state index contributed by atoms with van der Waals surface area (Å²) in [5.41, 5.74) is 0. The second-order valence-corrected chi connectivity index (χ2v) is 5.19. The van der Waals surface area contributed by atoms with Crippen molar-refractivity contribution < 1.29 is 9.90 Å². The quantitative estimate of drug-likeness (QED) is 0.287. The summed E-state index contributed by atoms with van der Waals surface area (Å²) < 4.78 is 0. The molecule has 2 heteroatoms. The lowest BCUT2D eigenvalue weighted by Gasteiger charge is -1.90. The second-order valence-electron chi connectivity index (χ2n) is 5.19. The van der Waals surface area contributed by atoms with Crippen molar-refractivity contribution in [2.24, 2.45) is 0 Å². The minimum atomic E-state index is -0.746. The molecule has 0 unspecified atom stereocenters. The Morgan fingerprint density at radius 2 is 1.59 bits per heavy atom. The van der Waals surface area contributed by atoms with E-state index in [4.69, 9.17) is 5.11 Å². The van der Waals surface area contributed by atoms with Gasteiger partial charge in [0.05, 0.1) is 0 Å². The topological polar surface area (TPSA) is 37.3 Å². The number of aliphatic carboxylic acids is 1. The highest BCUT2D eigenvalue weighted by molar-refractivity contribution is 5.66. The third-order valence-electron chi connectivity index (χ3n) is 3.06. The third kappa shape index (κ3) is 18.2. The Balaban J connectivity index is 3.44. The van der Waals surface area contributed by atoms with Crippen LogP contribution in [0.3, 0.4) is 0 Å². The number of allylic oxidation sites excluding steroid dienone is 6. The van der Waals surface area contributed by atoms with Crippen LogP contribution in [0.2, 0.25) is 0 Å². The van der Waals surface area contributed by atoms with Gasteiger partial charge in [-0.2, -0.15) is 0 Å². The lowest BCUT2D eigenvalue weighted by Crippen LogP contribution is -1.92. The SMILES string of the molecule is CCCCC/C=C\C/C=C\C/C=C\CC#CCCCC(=O)O. The standard InChI is InChI=1S/C20H30O2/c1-2-3-4-5-6-7-8-9-10-11-12-13-14-15-16-17-18-19-20(21)22/h6-7,9-10,12-13H,2-5,8,11,14,17-19H2,1H3,(H,21,22)/b7-6-,10-9-,13-12-.